The maximum Gasteiger partial charge on any atom is 0.231 e. The predicted molar refractivity (Wildman–Crippen MR) is 146 cm³/mol. The number of rotatable bonds is 5. The molecule has 1 amide bonds. The van der Waals surface area contributed by atoms with E-state index in [9.17, 15) is 9.90 Å². The Bertz CT molecular complexity index is 1280. The first-order valence-corrected chi connectivity index (χ1v) is 13.7. The van der Waals surface area contributed by atoms with Crippen molar-refractivity contribution >= 4 is 11.7 Å². The lowest BCUT2D eigenvalue weighted by Gasteiger charge is -2.39. The molecule has 3 aliphatic rings. The lowest BCUT2D eigenvalue weighted by Crippen LogP contribution is -2.53. The summed E-state index contributed by atoms with van der Waals surface area (Å²) >= 11 is 0. The first-order valence-electron chi connectivity index (χ1n) is 13.7. The summed E-state index contributed by atoms with van der Waals surface area (Å²) in [5.41, 5.74) is 5.01. The van der Waals surface area contributed by atoms with Crippen molar-refractivity contribution in [1.82, 2.24) is 30.4 Å². The van der Waals surface area contributed by atoms with Gasteiger partial charge in [0.15, 0.2) is 0 Å². The van der Waals surface area contributed by atoms with E-state index in [1.807, 2.05) is 17.3 Å². The fraction of sp³-hybridized carbons (Fsp3) is 0.517. The van der Waals surface area contributed by atoms with Gasteiger partial charge in [-0.2, -0.15) is 5.10 Å². The number of aromatic nitrogens is 4. The van der Waals surface area contributed by atoms with Crippen LogP contribution in [0.1, 0.15) is 74.8 Å². The van der Waals surface area contributed by atoms with Crippen LogP contribution >= 0.6 is 0 Å². The Morgan fingerprint density at radius 2 is 1.87 bits per heavy atom. The molecule has 4 heterocycles. The molecule has 0 spiro atoms. The maximum atomic E-state index is 14.1. The van der Waals surface area contributed by atoms with Crippen molar-refractivity contribution in [2.24, 2.45) is 0 Å². The summed E-state index contributed by atoms with van der Waals surface area (Å²) in [5, 5.41) is 21.1. The molecule has 2 saturated heterocycles. The van der Waals surface area contributed by atoms with Crippen molar-refractivity contribution in [2.45, 2.75) is 69.6 Å². The van der Waals surface area contributed by atoms with Gasteiger partial charge in [0.1, 0.15) is 12.1 Å². The highest BCUT2D eigenvalue weighted by Crippen LogP contribution is 2.43. The summed E-state index contributed by atoms with van der Waals surface area (Å²) in [6.07, 6.45) is 7.44. The summed E-state index contributed by atoms with van der Waals surface area (Å²) in [4.78, 5) is 27.4. The summed E-state index contributed by atoms with van der Waals surface area (Å²) in [6.45, 7) is 9.28. The Morgan fingerprint density at radius 3 is 2.53 bits per heavy atom. The van der Waals surface area contributed by atoms with Gasteiger partial charge >= 0.3 is 0 Å². The highest BCUT2D eigenvalue weighted by atomic mass is 16.3. The molecule has 3 aromatic rings. The molecular formula is C29H37N7O2. The van der Waals surface area contributed by atoms with Gasteiger partial charge in [0.2, 0.25) is 5.91 Å². The van der Waals surface area contributed by atoms with E-state index in [1.54, 1.807) is 6.33 Å². The van der Waals surface area contributed by atoms with E-state index >= 15 is 0 Å². The minimum absolute atomic E-state index is 0.0211. The maximum absolute atomic E-state index is 14.1. The van der Waals surface area contributed by atoms with E-state index in [0.29, 0.717) is 32.6 Å². The van der Waals surface area contributed by atoms with Crippen molar-refractivity contribution in [2.75, 3.05) is 31.1 Å². The molecule has 200 valence electrons. The van der Waals surface area contributed by atoms with Crippen LogP contribution in [0.3, 0.4) is 0 Å². The van der Waals surface area contributed by atoms with Crippen LogP contribution in [0.5, 0.6) is 0 Å². The van der Waals surface area contributed by atoms with Gasteiger partial charge < -0.3 is 20.2 Å². The second kappa shape index (κ2) is 9.78. The number of piperazine rings is 1. The van der Waals surface area contributed by atoms with Crippen LogP contribution in [0.2, 0.25) is 0 Å². The summed E-state index contributed by atoms with van der Waals surface area (Å²) in [6, 6.07) is 8.48. The second-order valence-corrected chi connectivity index (χ2v) is 11.7. The number of fused-ring (bicyclic) bond motifs is 1. The Kier molecular flexibility index (Phi) is 6.44. The number of aliphatic hydroxyl groups is 1. The molecule has 0 radical (unpaired) electrons. The highest BCUT2D eigenvalue weighted by Gasteiger charge is 2.41. The normalized spacial score (nSPS) is 25.4. The van der Waals surface area contributed by atoms with Gasteiger partial charge in [0, 0.05) is 55.1 Å². The molecule has 0 bridgehead atoms. The zero-order valence-electron chi connectivity index (χ0n) is 22.4. The minimum Gasteiger partial charge on any atom is -0.387 e. The van der Waals surface area contributed by atoms with Gasteiger partial charge in [-0.05, 0) is 50.2 Å². The van der Waals surface area contributed by atoms with Crippen molar-refractivity contribution in [1.29, 1.82) is 0 Å². The number of hydrogen-bond acceptors (Lipinski definition) is 7. The number of amides is 1. The number of aromatic amines is 1. The Labute approximate surface area is 223 Å². The number of H-pyrrole nitrogens is 1. The van der Waals surface area contributed by atoms with Crippen molar-refractivity contribution in [3.05, 3.63) is 59.8 Å². The Hall–Kier alpha value is -3.30. The number of anilines is 1. The highest BCUT2D eigenvalue weighted by molar-refractivity contribution is 5.85. The van der Waals surface area contributed by atoms with E-state index in [-0.39, 0.29) is 29.3 Å². The number of carbonyl (C=O) groups excluding carboxylic acids is 1. The van der Waals surface area contributed by atoms with Crippen LogP contribution < -0.4 is 10.2 Å². The predicted octanol–water partition coefficient (Wildman–Crippen LogP) is 3.37. The Balaban J connectivity index is 1.21. The largest absolute Gasteiger partial charge is 0.387 e. The van der Waals surface area contributed by atoms with E-state index in [0.717, 1.165) is 46.6 Å². The van der Waals surface area contributed by atoms with Gasteiger partial charge in [0.05, 0.1) is 23.9 Å². The summed E-state index contributed by atoms with van der Waals surface area (Å²) in [7, 11) is 0. The van der Waals surface area contributed by atoms with E-state index in [1.165, 1.54) is 0 Å². The number of nitrogens with one attached hydrogen (secondary N) is 2. The fourth-order valence-corrected chi connectivity index (χ4v) is 6.54. The fourth-order valence-electron chi connectivity index (χ4n) is 6.54. The lowest BCUT2D eigenvalue weighted by molar-refractivity contribution is -0.133. The van der Waals surface area contributed by atoms with Gasteiger partial charge in [-0.25, -0.2) is 9.97 Å². The van der Waals surface area contributed by atoms with Crippen LogP contribution in [-0.4, -0.2) is 73.8 Å². The molecule has 1 aliphatic carbocycles. The number of benzene rings is 1. The number of nitrogens with zero attached hydrogens (tertiary/aromatic N) is 5. The molecule has 1 aromatic carbocycles. The third-order valence-corrected chi connectivity index (χ3v) is 8.60. The van der Waals surface area contributed by atoms with Crippen molar-refractivity contribution in [3.63, 3.8) is 0 Å². The third-order valence-electron chi connectivity index (χ3n) is 8.60. The summed E-state index contributed by atoms with van der Waals surface area (Å²) < 4.78 is 0. The van der Waals surface area contributed by atoms with Crippen LogP contribution in [0.15, 0.2) is 43.0 Å². The molecule has 3 unspecified atom stereocenters. The molecule has 6 rings (SSSR count). The molecule has 2 aromatic heterocycles. The zero-order chi connectivity index (χ0) is 26.4. The standard InChI is InChI=1S/C29H37N7O2/c1-18-14-23(37)26-24(18)27(31-17-30-26)35-10-12-36(13-11-35)28(38)25(22-8-9-29(2,3)34-22)20-6-4-19(5-7-20)21-15-32-33-16-21/h4-7,15-18,22-23,25,34,37H,8-14H2,1-3H3,(H,32,33)/t18?,22?,23-,25?/m1/s1. The van der Waals surface area contributed by atoms with E-state index in [4.69, 9.17) is 0 Å². The molecule has 0 saturated carbocycles. The van der Waals surface area contributed by atoms with Gasteiger partial charge in [-0.3, -0.25) is 9.89 Å². The first-order chi connectivity index (χ1) is 18.3. The minimum atomic E-state index is -0.520. The zero-order valence-corrected chi connectivity index (χ0v) is 22.4. The number of aliphatic hydroxyl groups excluding tert-OH is 1. The SMILES string of the molecule is CC1C[C@@H](O)c2ncnc(N3CCN(C(=O)C(c4ccc(-c5cn[nH]c5)cc4)C4CCC(C)(C)N4)CC3)c21. The van der Waals surface area contributed by atoms with Crippen molar-refractivity contribution in [3.8, 4) is 11.1 Å². The molecule has 2 aliphatic heterocycles. The lowest BCUT2D eigenvalue weighted by atomic mass is 9.88. The smallest absolute Gasteiger partial charge is 0.231 e. The van der Waals surface area contributed by atoms with Crippen LogP contribution in [0.25, 0.3) is 11.1 Å². The summed E-state index contributed by atoms with van der Waals surface area (Å²) in [5.74, 6) is 1.09. The Morgan fingerprint density at radius 1 is 1.11 bits per heavy atom. The monoisotopic (exact) mass is 515 g/mol. The molecule has 3 N–H and O–H groups in total. The third kappa shape index (κ3) is 4.58. The quantitative estimate of drug-likeness (QED) is 0.478. The number of carbonyl (C=O) groups is 1. The topological polar surface area (TPSA) is 110 Å². The number of hydrogen-bond donors (Lipinski definition) is 3. The average molecular weight is 516 g/mol. The molecular weight excluding hydrogens is 478 g/mol. The second-order valence-electron chi connectivity index (χ2n) is 11.7. The van der Waals surface area contributed by atoms with Crippen LogP contribution in [0, 0.1) is 0 Å². The first kappa shape index (κ1) is 25.0. The van der Waals surface area contributed by atoms with Gasteiger partial charge in [0.25, 0.3) is 0 Å². The van der Waals surface area contributed by atoms with Crippen LogP contribution in [-0.2, 0) is 4.79 Å². The van der Waals surface area contributed by atoms with Crippen molar-refractivity contribution < 1.29 is 9.90 Å². The van der Waals surface area contributed by atoms with E-state index in [2.05, 4.69) is 75.4 Å². The van der Waals surface area contributed by atoms with Gasteiger partial charge in [-0.15, -0.1) is 0 Å². The van der Waals surface area contributed by atoms with E-state index < -0.39 is 6.10 Å². The average Bonchev–Trinajstić information content (AvgIpc) is 3.65. The molecule has 2 fully saturated rings. The molecule has 9 nitrogen and oxygen atoms in total. The molecule has 4 atom stereocenters. The van der Waals surface area contributed by atoms with Gasteiger partial charge in [-0.1, -0.05) is 31.2 Å². The van der Waals surface area contributed by atoms with Crippen LogP contribution in [0.4, 0.5) is 5.82 Å². The molecule has 9 heteroatoms. The molecule has 38 heavy (non-hydrogen) atoms.